The van der Waals surface area contributed by atoms with Gasteiger partial charge in [-0.25, -0.2) is 0 Å². The summed E-state index contributed by atoms with van der Waals surface area (Å²) in [6.45, 7) is 8.78. The lowest BCUT2D eigenvalue weighted by Crippen LogP contribution is -2.21. The zero-order valence-corrected chi connectivity index (χ0v) is 9.18. The third-order valence-corrected chi connectivity index (χ3v) is 2.09. The fraction of sp³-hybridized carbons (Fsp3) is 0.778. The van der Waals surface area contributed by atoms with Crippen molar-refractivity contribution in [1.82, 2.24) is 0 Å². The minimum Gasteiger partial charge on any atom is -0.550 e. The fourth-order valence-electron chi connectivity index (χ4n) is 0.642. The number of hydrogen-bond donors (Lipinski definition) is 0. The smallest absolute Gasteiger partial charge is 0.241 e. The predicted molar refractivity (Wildman–Crippen MR) is 53.1 cm³/mol. The first-order chi connectivity index (χ1) is 5.06. The Labute approximate surface area is 71.6 Å². The summed E-state index contributed by atoms with van der Waals surface area (Å²) in [6.07, 6.45) is 7.69. The van der Waals surface area contributed by atoms with Gasteiger partial charge in [-0.15, -0.1) is 0 Å². The van der Waals surface area contributed by atoms with Gasteiger partial charge in [0.2, 0.25) is 8.32 Å². The van der Waals surface area contributed by atoms with Gasteiger partial charge in [0, 0.05) is 0 Å². The van der Waals surface area contributed by atoms with E-state index in [-0.39, 0.29) is 0 Å². The molecule has 66 valence electrons. The highest BCUT2D eigenvalue weighted by molar-refractivity contribution is 6.69. The Morgan fingerprint density at radius 2 is 1.91 bits per heavy atom. The average Bonchev–Trinajstić information content (AvgIpc) is 1.85. The van der Waals surface area contributed by atoms with Gasteiger partial charge < -0.3 is 4.43 Å². The Hall–Kier alpha value is -0.243. The van der Waals surface area contributed by atoms with Crippen molar-refractivity contribution in [2.45, 2.75) is 45.8 Å². The van der Waals surface area contributed by atoms with E-state index in [9.17, 15) is 0 Å². The Balaban J connectivity index is 3.30. The minimum atomic E-state index is -1.30. The molecule has 0 saturated carbocycles. The van der Waals surface area contributed by atoms with E-state index in [4.69, 9.17) is 4.43 Å². The van der Waals surface area contributed by atoms with Gasteiger partial charge >= 0.3 is 0 Å². The number of hydrogen-bond acceptors (Lipinski definition) is 1. The number of rotatable bonds is 5. The molecule has 11 heavy (non-hydrogen) atoms. The van der Waals surface area contributed by atoms with E-state index < -0.39 is 8.32 Å². The number of allylic oxidation sites excluding steroid dienone is 1. The zero-order chi connectivity index (χ0) is 8.74. The lowest BCUT2D eigenvalue weighted by atomic mass is 10.2. The predicted octanol–water partition coefficient (Wildman–Crippen LogP) is 3.54. The largest absolute Gasteiger partial charge is 0.550 e. The first kappa shape index (κ1) is 10.8. The summed E-state index contributed by atoms with van der Waals surface area (Å²) in [5, 5.41) is 0. The zero-order valence-electron chi connectivity index (χ0n) is 8.18. The second-order valence-corrected chi connectivity index (χ2v) is 8.20. The summed E-state index contributed by atoms with van der Waals surface area (Å²) in [7, 11) is -1.30. The highest BCUT2D eigenvalue weighted by Crippen LogP contribution is 2.03. The van der Waals surface area contributed by atoms with Gasteiger partial charge in [0.15, 0.2) is 0 Å². The number of unbranched alkanes of at least 4 members (excludes halogenated alkanes) is 2. The molecule has 0 spiro atoms. The van der Waals surface area contributed by atoms with E-state index >= 15 is 0 Å². The van der Waals surface area contributed by atoms with Crippen LogP contribution < -0.4 is 0 Å². The summed E-state index contributed by atoms with van der Waals surface area (Å²) < 4.78 is 5.53. The van der Waals surface area contributed by atoms with E-state index in [1.54, 1.807) is 0 Å². The molecule has 1 nitrogen and oxygen atoms in total. The first-order valence-electron chi connectivity index (χ1n) is 4.39. The molecule has 0 radical (unpaired) electrons. The molecular formula is C9H20OSi. The van der Waals surface area contributed by atoms with Crippen molar-refractivity contribution >= 4 is 8.32 Å². The van der Waals surface area contributed by atoms with Gasteiger partial charge in [0.25, 0.3) is 0 Å². The normalized spacial score (nSPS) is 12.4. The van der Waals surface area contributed by atoms with Crippen molar-refractivity contribution in [3.63, 3.8) is 0 Å². The summed E-state index contributed by atoms with van der Waals surface area (Å²) in [5.74, 6) is 0. The second-order valence-electron chi connectivity index (χ2n) is 3.74. The monoisotopic (exact) mass is 172 g/mol. The molecular weight excluding hydrogens is 152 g/mol. The van der Waals surface area contributed by atoms with Crippen LogP contribution in [0.25, 0.3) is 0 Å². The van der Waals surface area contributed by atoms with Crippen molar-refractivity contribution < 1.29 is 4.43 Å². The second kappa shape index (κ2) is 5.41. The maximum absolute atomic E-state index is 5.53. The van der Waals surface area contributed by atoms with E-state index in [1.807, 2.05) is 6.26 Å². The van der Waals surface area contributed by atoms with Crippen LogP contribution in [0.15, 0.2) is 12.3 Å². The maximum atomic E-state index is 5.53. The van der Waals surface area contributed by atoms with Gasteiger partial charge in [-0.1, -0.05) is 19.4 Å². The van der Waals surface area contributed by atoms with E-state index in [1.165, 1.54) is 12.8 Å². The minimum absolute atomic E-state index is 1.15. The van der Waals surface area contributed by atoms with Crippen LogP contribution in [0.1, 0.15) is 26.2 Å². The van der Waals surface area contributed by atoms with E-state index in [0.717, 1.165) is 6.42 Å². The van der Waals surface area contributed by atoms with E-state index in [0.29, 0.717) is 0 Å². The van der Waals surface area contributed by atoms with Crippen LogP contribution in [0, 0.1) is 0 Å². The first-order valence-corrected chi connectivity index (χ1v) is 7.80. The molecule has 0 atom stereocenters. The average molecular weight is 172 g/mol. The van der Waals surface area contributed by atoms with Crippen molar-refractivity contribution in [2.75, 3.05) is 0 Å². The molecule has 0 heterocycles. The Kier molecular flexibility index (Phi) is 5.29. The molecule has 0 aliphatic heterocycles. The maximum Gasteiger partial charge on any atom is 0.241 e. The van der Waals surface area contributed by atoms with Crippen molar-refractivity contribution in [3.05, 3.63) is 12.3 Å². The molecule has 0 amide bonds. The summed E-state index contributed by atoms with van der Waals surface area (Å²) >= 11 is 0. The summed E-state index contributed by atoms with van der Waals surface area (Å²) in [6, 6.07) is 0. The van der Waals surface area contributed by atoms with Gasteiger partial charge in [0.05, 0.1) is 6.26 Å². The molecule has 0 bridgehead atoms. The molecule has 2 heteroatoms. The Morgan fingerprint density at radius 3 is 2.36 bits per heavy atom. The van der Waals surface area contributed by atoms with Crippen LogP contribution in [0.3, 0.4) is 0 Å². The Bertz CT molecular complexity index is 113. The quantitative estimate of drug-likeness (QED) is 0.350. The highest BCUT2D eigenvalue weighted by Gasteiger charge is 2.12. The van der Waals surface area contributed by atoms with Crippen LogP contribution in [0.2, 0.25) is 19.6 Å². The van der Waals surface area contributed by atoms with Gasteiger partial charge in [-0.05, 0) is 32.5 Å². The third kappa shape index (κ3) is 9.76. The summed E-state index contributed by atoms with van der Waals surface area (Å²) in [4.78, 5) is 0. The SMILES string of the molecule is CCCC/C=C/O[Si](C)(C)C. The molecule has 0 rings (SSSR count). The Morgan fingerprint density at radius 1 is 1.27 bits per heavy atom. The van der Waals surface area contributed by atoms with Crippen molar-refractivity contribution in [3.8, 4) is 0 Å². The molecule has 0 unspecified atom stereocenters. The molecule has 0 aromatic carbocycles. The van der Waals surface area contributed by atoms with Gasteiger partial charge in [-0.3, -0.25) is 0 Å². The van der Waals surface area contributed by atoms with Crippen LogP contribution in [0.4, 0.5) is 0 Å². The standard InChI is InChI=1S/C9H20OSi/c1-5-6-7-8-9-10-11(2,3)4/h8-9H,5-7H2,1-4H3/b9-8+. The molecule has 0 aliphatic rings. The lowest BCUT2D eigenvalue weighted by Gasteiger charge is -2.14. The molecule has 0 aromatic rings. The van der Waals surface area contributed by atoms with Gasteiger partial charge in [-0.2, -0.15) is 0 Å². The fourth-order valence-corrected chi connectivity index (χ4v) is 1.15. The van der Waals surface area contributed by atoms with Crippen LogP contribution in [-0.4, -0.2) is 8.32 Å². The van der Waals surface area contributed by atoms with E-state index in [2.05, 4.69) is 32.6 Å². The van der Waals surface area contributed by atoms with Crippen LogP contribution in [-0.2, 0) is 4.43 Å². The highest BCUT2D eigenvalue weighted by atomic mass is 28.4. The molecule has 0 aromatic heterocycles. The topological polar surface area (TPSA) is 9.23 Å². The summed E-state index contributed by atoms with van der Waals surface area (Å²) in [5.41, 5.74) is 0. The van der Waals surface area contributed by atoms with Crippen molar-refractivity contribution in [2.24, 2.45) is 0 Å². The molecule has 0 saturated heterocycles. The lowest BCUT2D eigenvalue weighted by molar-refractivity contribution is 0.476. The molecule has 0 fully saturated rings. The van der Waals surface area contributed by atoms with Gasteiger partial charge in [0.1, 0.15) is 0 Å². The van der Waals surface area contributed by atoms with Crippen molar-refractivity contribution in [1.29, 1.82) is 0 Å². The molecule has 0 aliphatic carbocycles. The third-order valence-electron chi connectivity index (χ3n) is 1.24. The van der Waals surface area contributed by atoms with Crippen LogP contribution in [0.5, 0.6) is 0 Å². The van der Waals surface area contributed by atoms with Crippen LogP contribution >= 0.6 is 0 Å². The molecule has 0 N–H and O–H groups in total.